The summed E-state index contributed by atoms with van der Waals surface area (Å²) in [6.07, 6.45) is 0.657. The van der Waals surface area contributed by atoms with Crippen molar-refractivity contribution in [1.82, 2.24) is 14.9 Å². The summed E-state index contributed by atoms with van der Waals surface area (Å²) in [5.41, 5.74) is 1.97. The van der Waals surface area contributed by atoms with Crippen LogP contribution >= 0.6 is 11.6 Å². The van der Waals surface area contributed by atoms with Gasteiger partial charge in [0.1, 0.15) is 12.4 Å². The Labute approximate surface area is 210 Å². The number of esters is 1. The largest absolute Gasteiger partial charge is 0.458 e. The Balaban J connectivity index is 1.64. The first kappa shape index (κ1) is 23.5. The molecule has 0 amide bonds. The van der Waals surface area contributed by atoms with E-state index in [0.717, 1.165) is 16.5 Å². The van der Waals surface area contributed by atoms with Gasteiger partial charge in [-0.2, -0.15) is 0 Å². The molecule has 0 saturated carbocycles. The van der Waals surface area contributed by atoms with Crippen molar-refractivity contribution >= 4 is 28.5 Å². The van der Waals surface area contributed by atoms with E-state index < -0.39 is 23.5 Å². The van der Waals surface area contributed by atoms with Crippen LogP contribution in [0, 0.1) is 5.82 Å². The molecule has 3 atom stereocenters. The molecule has 10 heteroatoms. The number of aryl methyl sites for hydroxylation is 1. The van der Waals surface area contributed by atoms with Crippen molar-refractivity contribution in [2.75, 3.05) is 6.54 Å². The van der Waals surface area contributed by atoms with Crippen molar-refractivity contribution in [2.24, 2.45) is 0 Å². The number of hydrogen-bond donors (Lipinski definition) is 3. The maximum atomic E-state index is 14.8. The molecule has 3 aliphatic rings. The van der Waals surface area contributed by atoms with Crippen molar-refractivity contribution < 1.29 is 24.1 Å². The smallest absolute Gasteiger partial charge is 0.343 e. The fourth-order valence-electron chi connectivity index (χ4n) is 5.87. The molecule has 3 N–H and O–H groups in total. The molecule has 0 radical (unpaired) electrons. The van der Waals surface area contributed by atoms with Crippen molar-refractivity contribution in [2.45, 2.75) is 64.0 Å². The maximum absolute atomic E-state index is 14.8. The fourth-order valence-corrected chi connectivity index (χ4v) is 6.11. The van der Waals surface area contributed by atoms with Gasteiger partial charge in [0, 0.05) is 35.2 Å². The predicted octanol–water partition coefficient (Wildman–Crippen LogP) is 2.83. The molecule has 0 unspecified atom stereocenters. The average molecular weight is 514 g/mol. The number of aliphatic hydroxyl groups excluding tert-OH is 1. The highest BCUT2D eigenvalue weighted by Crippen LogP contribution is 2.46. The summed E-state index contributed by atoms with van der Waals surface area (Å²) < 4.78 is 21.5. The molecule has 6 rings (SSSR count). The number of nitrogens with one attached hydrogen (secondary N) is 1. The molecule has 1 aromatic carbocycles. The van der Waals surface area contributed by atoms with Crippen LogP contribution in [0.1, 0.15) is 60.5 Å². The van der Waals surface area contributed by atoms with Gasteiger partial charge in [-0.25, -0.2) is 14.2 Å². The third-order valence-electron chi connectivity index (χ3n) is 7.70. The number of pyridine rings is 2. The van der Waals surface area contributed by atoms with Crippen LogP contribution in [0.25, 0.3) is 22.3 Å². The fraction of sp³-hybridized carbons (Fsp3) is 0.423. The summed E-state index contributed by atoms with van der Waals surface area (Å²) in [5, 5.41) is 25.2. The highest BCUT2D eigenvalue weighted by Gasteiger charge is 2.46. The topological polar surface area (TPSA) is 114 Å². The summed E-state index contributed by atoms with van der Waals surface area (Å²) in [6, 6.07) is 2.79. The van der Waals surface area contributed by atoms with Crippen molar-refractivity contribution in [3.05, 3.63) is 61.1 Å². The molecule has 0 fully saturated rings. The van der Waals surface area contributed by atoms with Crippen molar-refractivity contribution in [3.63, 3.8) is 0 Å². The Hall–Kier alpha value is -2.85. The van der Waals surface area contributed by atoms with Crippen LogP contribution in [0.4, 0.5) is 4.39 Å². The van der Waals surface area contributed by atoms with E-state index in [4.69, 9.17) is 21.3 Å². The van der Waals surface area contributed by atoms with Crippen LogP contribution < -0.4 is 10.9 Å². The second kappa shape index (κ2) is 8.08. The number of carbonyl (C=O) groups excluding carboxylic acids is 1. The van der Waals surface area contributed by atoms with Gasteiger partial charge in [0.05, 0.1) is 40.1 Å². The Morgan fingerprint density at radius 1 is 1.33 bits per heavy atom. The van der Waals surface area contributed by atoms with E-state index in [0.29, 0.717) is 41.9 Å². The number of rotatable bonds is 4. The summed E-state index contributed by atoms with van der Waals surface area (Å²) in [5.74, 6) is -1.35. The van der Waals surface area contributed by atoms with E-state index >= 15 is 0 Å². The molecule has 0 bridgehead atoms. The second-order valence-corrected chi connectivity index (χ2v) is 10.2. The van der Waals surface area contributed by atoms with Crippen molar-refractivity contribution in [1.29, 1.82) is 0 Å². The highest BCUT2D eigenvalue weighted by atomic mass is 35.5. The zero-order valence-electron chi connectivity index (χ0n) is 19.8. The Kier molecular flexibility index (Phi) is 5.28. The summed E-state index contributed by atoms with van der Waals surface area (Å²) in [7, 11) is 0. The van der Waals surface area contributed by atoms with Crippen LogP contribution in [-0.4, -0.2) is 38.4 Å². The standard InChI is InChI=1S/C26H25ClFN3O5/c1-3-26(35)15-6-19-23-13(9-31(19)24(33)14(15)10-36-25(26)34)21-17(29-8-11(2)32)5-4-12-20(21)18(30-23)7-16(28)22(12)27/h6-7,11,17,29,32,35H,3-5,8-10H2,1-2H3/t11-,17-,26-/m0/s1. The van der Waals surface area contributed by atoms with Crippen LogP contribution in [-0.2, 0) is 34.7 Å². The molecular formula is C26H25ClFN3O5. The number of carbonyl (C=O) groups is 1. The summed E-state index contributed by atoms with van der Waals surface area (Å²) in [6.45, 7) is 3.72. The number of halogens is 2. The van der Waals surface area contributed by atoms with Gasteiger partial charge < -0.3 is 24.8 Å². The second-order valence-electron chi connectivity index (χ2n) is 9.85. The molecule has 1 aliphatic carbocycles. The SMILES string of the molecule is CC[C@@]1(O)C(=O)OCc2c1cc1n(c2=O)Cc2c-1nc1cc(F)c(Cl)c3c1c2[C@@H](NC[C@H](C)O)CC3. The normalized spacial score (nSPS) is 22.7. The summed E-state index contributed by atoms with van der Waals surface area (Å²) in [4.78, 5) is 30.8. The lowest BCUT2D eigenvalue weighted by Crippen LogP contribution is -2.44. The van der Waals surface area contributed by atoms with Gasteiger partial charge in [0.2, 0.25) is 0 Å². The molecule has 0 spiro atoms. The number of nitrogens with zero attached hydrogens (tertiary/aromatic N) is 2. The monoisotopic (exact) mass is 513 g/mol. The molecule has 4 heterocycles. The minimum Gasteiger partial charge on any atom is -0.458 e. The first-order valence-corrected chi connectivity index (χ1v) is 12.5. The molecule has 0 saturated heterocycles. The van der Waals surface area contributed by atoms with Crippen LogP contribution in [0.5, 0.6) is 0 Å². The Morgan fingerprint density at radius 3 is 2.83 bits per heavy atom. The average Bonchev–Trinajstić information content (AvgIpc) is 3.22. The number of aliphatic hydroxyl groups is 2. The van der Waals surface area contributed by atoms with E-state index in [9.17, 15) is 24.2 Å². The van der Waals surface area contributed by atoms with Gasteiger partial charge in [-0.3, -0.25) is 4.79 Å². The van der Waals surface area contributed by atoms with E-state index in [1.54, 1.807) is 24.5 Å². The van der Waals surface area contributed by atoms with Crippen LogP contribution in [0.2, 0.25) is 5.02 Å². The first-order valence-electron chi connectivity index (χ1n) is 12.1. The quantitative estimate of drug-likeness (QED) is 0.360. The molecule has 188 valence electrons. The number of benzene rings is 1. The van der Waals surface area contributed by atoms with Gasteiger partial charge in [0.25, 0.3) is 5.56 Å². The van der Waals surface area contributed by atoms with E-state index in [1.807, 2.05) is 0 Å². The molecule has 8 nitrogen and oxygen atoms in total. The molecule has 36 heavy (non-hydrogen) atoms. The molecular weight excluding hydrogens is 489 g/mol. The van der Waals surface area contributed by atoms with Gasteiger partial charge >= 0.3 is 5.97 Å². The van der Waals surface area contributed by atoms with Gasteiger partial charge in [-0.05, 0) is 43.4 Å². The zero-order valence-corrected chi connectivity index (χ0v) is 20.6. The number of ether oxygens (including phenoxy) is 1. The Bertz CT molecular complexity index is 1530. The summed E-state index contributed by atoms with van der Waals surface area (Å²) >= 11 is 6.37. The third kappa shape index (κ3) is 3.13. The van der Waals surface area contributed by atoms with E-state index in [1.165, 1.54) is 6.07 Å². The van der Waals surface area contributed by atoms with Crippen LogP contribution in [0.15, 0.2) is 16.9 Å². The van der Waals surface area contributed by atoms with Gasteiger partial charge in [0.15, 0.2) is 5.60 Å². The Morgan fingerprint density at radius 2 is 2.11 bits per heavy atom. The third-order valence-corrected chi connectivity index (χ3v) is 8.11. The van der Waals surface area contributed by atoms with E-state index in [2.05, 4.69) is 5.32 Å². The molecule has 3 aromatic rings. The lowest BCUT2D eigenvalue weighted by atomic mass is 9.83. The predicted molar refractivity (Wildman–Crippen MR) is 130 cm³/mol. The van der Waals surface area contributed by atoms with E-state index in [-0.39, 0.29) is 47.3 Å². The molecule has 2 aliphatic heterocycles. The number of cyclic esters (lactones) is 1. The van der Waals surface area contributed by atoms with Crippen molar-refractivity contribution in [3.8, 4) is 11.4 Å². The zero-order chi connectivity index (χ0) is 25.5. The molecule has 2 aromatic heterocycles. The minimum absolute atomic E-state index is 0.0450. The number of aromatic nitrogens is 2. The maximum Gasteiger partial charge on any atom is 0.343 e. The van der Waals surface area contributed by atoms with Gasteiger partial charge in [-0.1, -0.05) is 18.5 Å². The highest BCUT2D eigenvalue weighted by molar-refractivity contribution is 6.32. The lowest BCUT2D eigenvalue weighted by molar-refractivity contribution is -0.172. The van der Waals surface area contributed by atoms with Crippen LogP contribution in [0.3, 0.4) is 0 Å². The van der Waals surface area contributed by atoms with Gasteiger partial charge in [-0.15, -0.1) is 0 Å². The first-order chi connectivity index (χ1) is 17.2. The lowest BCUT2D eigenvalue weighted by Gasteiger charge is -2.31. The minimum atomic E-state index is -1.93. The number of hydrogen-bond acceptors (Lipinski definition) is 7. The number of fused-ring (bicyclic) bond motifs is 5.